The number of ether oxygens (including phenoxy) is 1. The van der Waals surface area contributed by atoms with Gasteiger partial charge in [0, 0.05) is 11.2 Å². The fourth-order valence-electron chi connectivity index (χ4n) is 2.29. The SMILES string of the molecule is COc1ccc(S(=O)(=O)Nc2nn(Cc3ccccc3Cl)cc2Cl)cc1. The van der Waals surface area contributed by atoms with Crippen LogP contribution in [0.15, 0.2) is 59.6 Å². The van der Waals surface area contributed by atoms with Crippen LogP contribution < -0.4 is 9.46 Å². The molecule has 0 atom stereocenters. The molecule has 9 heteroatoms. The molecule has 26 heavy (non-hydrogen) atoms. The second-order valence-electron chi connectivity index (χ2n) is 5.40. The minimum Gasteiger partial charge on any atom is -0.497 e. The summed E-state index contributed by atoms with van der Waals surface area (Å²) >= 11 is 12.3. The van der Waals surface area contributed by atoms with Gasteiger partial charge in [0.2, 0.25) is 0 Å². The summed E-state index contributed by atoms with van der Waals surface area (Å²) < 4.78 is 33.9. The lowest BCUT2D eigenvalue weighted by atomic mass is 10.2. The molecule has 1 heterocycles. The van der Waals surface area contributed by atoms with Gasteiger partial charge < -0.3 is 4.74 Å². The first-order valence-corrected chi connectivity index (χ1v) is 9.76. The standard InChI is InChI=1S/C17H15Cl2N3O3S/c1-25-13-6-8-14(9-7-13)26(23,24)21-17-16(19)11-22(20-17)10-12-4-2-3-5-15(12)18/h2-9,11H,10H2,1H3,(H,20,21). The Morgan fingerprint density at radius 1 is 1.08 bits per heavy atom. The Labute approximate surface area is 161 Å². The van der Waals surface area contributed by atoms with Gasteiger partial charge in [0.1, 0.15) is 10.8 Å². The molecule has 0 saturated heterocycles. The molecule has 0 fully saturated rings. The van der Waals surface area contributed by atoms with Crippen LogP contribution in [0.2, 0.25) is 10.0 Å². The maximum absolute atomic E-state index is 12.5. The first-order valence-electron chi connectivity index (χ1n) is 7.52. The van der Waals surface area contributed by atoms with Crippen LogP contribution in [0, 0.1) is 0 Å². The third kappa shape index (κ3) is 4.12. The Kier molecular flexibility index (Phi) is 5.41. The quantitative estimate of drug-likeness (QED) is 0.663. The average molecular weight is 412 g/mol. The van der Waals surface area contributed by atoms with Crippen LogP contribution in [0.4, 0.5) is 5.82 Å². The van der Waals surface area contributed by atoms with Crippen molar-refractivity contribution in [1.82, 2.24) is 9.78 Å². The molecule has 0 radical (unpaired) electrons. The highest BCUT2D eigenvalue weighted by molar-refractivity contribution is 7.92. The number of halogens is 2. The summed E-state index contributed by atoms with van der Waals surface area (Å²) in [5.41, 5.74) is 0.845. The molecule has 1 N–H and O–H groups in total. The molecular weight excluding hydrogens is 397 g/mol. The number of benzene rings is 2. The number of hydrogen-bond donors (Lipinski definition) is 1. The molecule has 0 aliphatic heterocycles. The highest BCUT2D eigenvalue weighted by Crippen LogP contribution is 2.25. The van der Waals surface area contributed by atoms with E-state index in [-0.39, 0.29) is 15.7 Å². The van der Waals surface area contributed by atoms with Gasteiger partial charge in [-0.25, -0.2) is 8.42 Å². The number of hydrogen-bond acceptors (Lipinski definition) is 4. The monoisotopic (exact) mass is 411 g/mol. The van der Waals surface area contributed by atoms with Crippen molar-refractivity contribution in [2.24, 2.45) is 0 Å². The van der Waals surface area contributed by atoms with Crippen LogP contribution in [0.25, 0.3) is 0 Å². The molecule has 0 unspecified atom stereocenters. The minimum atomic E-state index is -3.82. The second-order valence-corrected chi connectivity index (χ2v) is 7.89. The van der Waals surface area contributed by atoms with E-state index < -0.39 is 10.0 Å². The van der Waals surface area contributed by atoms with Gasteiger partial charge in [-0.05, 0) is 35.9 Å². The zero-order valence-electron chi connectivity index (χ0n) is 13.7. The van der Waals surface area contributed by atoms with Crippen LogP contribution in [0.5, 0.6) is 5.75 Å². The van der Waals surface area contributed by atoms with Crippen molar-refractivity contribution < 1.29 is 13.2 Å². The van der Waals surface area contributed by atoms with E-state index in [0.29, 0.717) is 17.3 Å². The van der Waals surface area contributed by atoms with Crippen LogP contribution in [0.3, 0.4) is 0 Å². The molecular formula is C17H15Cl2N3O3S. The van der Waals surface area contributed by atoms with Crippen molar-refractivity contribution in [2.45, 2.75) is 11.4 Å². The summed E-state index contributed by atoms with van der Waals surface area (Å²) in [6.07, 6.45) is 1.54. The van der Waals surface area contributed by atoms with Crippen molar-refractivity contribution in [2.75, 3.05) is 11.8 Å². The molecule has 3 rings (SSSR count). The smallest absolute Gasteiger partial charge is 0.263 e. The number of nitrogens with one attached hydrogen (secondary N) is 1. The normalized spacial score (nSPS) is 11.3. The lowest BCUT2D eigenvalue weighted by molar-refractivity contribution is 0.414. The number of anilines is 1. The van der Waals surface area contributed by atoms with E-state index in [2.05, 4.69) is 9.82 Å². The van der Waals surface area contributed by atoms with Gasteiger partial charge >= 0.3 is 0 Å². The maximum Gasteiger partial charge on any atom is 0.263 e. The van der Waals surface area contributed by atoms with Crippen LogP contribution in [-0.2, 0) is 16.6 Å². The number of rotatable bonds is 6. The first-order chi connectivity index (χ1) is 12.4. The van der Waals surface area contributed by atoms with Gasteiger partial charge in [-0.1, -0.05) is 41.4 Å². The van der Waals surface area contributed by atoms with E-state index in [1.807, 2.05) is 18.2 Å². The average Bonchev–Trinajstić information content (AvgIpc) is 2.95. The third-order valence-electron chi connectivity index (χ3n) is 3.61. The molecule has 0 bridgehead atoms. The lowest BCUT2D eigenvalue weighted by Crippen LogP contribution is -2.14. The van der Waals surface area contributed by atoms with Crippen LogP contribution in [-0.4, -0.2) is 25.3 Å². The molecule has 0 aliphatic carbocycles. The van der Waals surface area contributed by atoms with Gasteiger partial charge in [-0.2, -0.15) is 5.10 Å². The number of methoxy groups -OCH3 is 1. The Bertz CT molecular complexity index is 1020. The largest absolute Gasteiger partial charge is 0.497 e. The lowest BCUT2D eigenvalue weighted by Gasteiger charge is -2.07. The topological polar surface area (TPSA) is 73.2 Å². The predicted molar refractivity (Wildman–Crippen MR) is 102 cm³/mol. The van der Waals surface area contributed by atoms with Crippen LogP contribution >= 0.6 is 23.2 Å². The van der Waals surface area contributed by atoms with E-state index in [1.165, 1.54) is 30.1 Å². The van der Waals surface area contributed by atoms with Crippen molar-refractivity contribution in [3.63, 3.8) is 0 Å². The molecule has 0 amide bonds. The highest BCUT2D eigenvalue weighted by Gasteiger charge is 2.18. The molecule has 2 aromatic carbocycles. The van der Waals surface area contributed by atoms with Crippen molar-refractivity contribution in [3.05, 3.63) is 70.3 Å². The minimum absolute atomic E-state index is 0.0505. The summed E-state index contributed by atoms with van der Waals surface area (Å²) in [4.78, 5) is 0.0787. The molecule has 1 aromatic heterocycles. The van der Waals surface area contributed by atoms with Crippen molar-refractivity contribution >= 4 is 39.0 Å². The molecule has 136 valence electrons. The highest BCUT2D eigenvalue weighted by atomic mass is 35.5. The number of aromatic nitrogens is 2. The molecule has 6 nitrogen and oxygen atoms in total. The molecule has 0 aliphatic rings. The summed E-state index contributed by atoms with van der Waals surface area (Å²) in [5, 5.41) is 4.99. The number of nitrogens with zero attached hydrogens (tertiary/aromatic N) is 2. The van der Waals surface area contributed by atoms with Gasteiger partial charge in [0.05, 0.1) is 18.6 Å². The van der Waals surface area contributed by atoms with E-state index in [4.69, 9.17) is 27.9 Å². The van der Waals surface area contributed by atoms with Crippen LogP contribution in [0.1, 0.15) is 5.56 Å². The number of sulfonamides is 1. The summed E-state index contributed by atoms with van der Waals surface area (Å²) in [7, 11) is -2.31. The first kappa shape index (κ1) is 18.6. The molecule has 0 saturated carbocycles. The van der Waals surface area contributed by atoms with Gasteiger partial charge in [0.25, 0.3) is 10.0 Å². The Hall–Kier alpha value is -2.22. The van der Waals surface area contributed by atoms with E-state index in [0.717, 1.165) is 5.56 Å². The van der Waals surface area contributed by atoms with Gasteiger partial charge in [-0.15, -0.1) is 0 Å². The third-order valence-corrected chi connectivity index (χ3v) is 5.61. The van der Waals surface area contributed by atoms with E-state index in [1.54, 1.807) is 18.2 Å². The van der Waals surface area contributed by atoms with E-state index in [9.17, 15) is 8.42 Å². The predicted octanol–water partition coefficient (Wildman–Crippen LogP) is 4.05. The summed E-state index contributed by atoms with van der Waals surface area (Å²) in [6.45, 7) is 0.365. The second kappa shape index (κ2) is 7.57. The zero-order valence-corrected chi connectivity index (χ0v) is 16.0. The summed E-state index contributed by atoms with van der Waals surface area (Å²) in [5.74, 6) is 0.612. The maximum atomic E-state index is 12.5. The summed E-state index contributed by atoms with van der Waals surface area (Å²) in [6, 6.07) is 13.3. The Morgan fingerprint density at radius 3 is 2.42 bits per heavy atom. The van der Waals surface area contributed by atoms with Gasteiger partial charge in [-0.3, -0.25) is 9.40 Å². The fourth-order valence-corrected chi connectivity index (χ4v) is 3.76. The van der Waals surface area contributed by atoms with Gasteiger partial charge in [0.15, 0.2) is 5.82 Å². The fraction of sp³-hybridized carbons (Fsp3) is 0.118. The van der Waals surface area contributed by atoms with Crippen molar-refractivity contribution in [1.29, 1.82) is 0 Å². The van der Waals surface area contributed by atoms with E-state index >= 15 is 0 Å². The zero-order chi connectivity index (χ0) is 18.7. The molecule has 3 aromatic rings. The van der Waals surface area contributed by atoms with Crippen molar-refractivity contribution in [3.8, 4) is 5.75 Å². The Balaban J connectivity index is 1.81. The molecule has 0 spiro atoms. The Morgan fingerprint density at radius 2 is 1.77 bits per heavy atom.